The number of rotatable bonds is 16. The van der Waals surface area contributed by atoms with Crippen LogP contribution in [0.2, 0.25) is 0 Å². The Labute approximate surface area is 475 Å². The molecule has 5 N–H and O–H groups in total. The van der Waals surface area contributed by atoms with Crippen molar-refractivity contribution < 1.29 is 29.1 Å². The van der Waals surface area contributed by atoms with E-state index in [0.29, 0.717) is 40.4 Å². The third kappa shape index (κ3) is 12.7. The fraction of sp³-hybridized carbons (Fsp3) is 0.532. The van der Waals surface area contributed by atoms with Crippen LogP contribution in [0.4, 0.5) is 11.6 Å². The van der Waals surface area contributed by atoms with Gasteiger partial charge in [0.15, 0.2) is 17.4 Å². The first kappa shape index (κ1) is 55.8. The fourth-order valence-corrected chi connectivity index (χ4v) is 13.1. The average Bonchev–Trinajstić information content (AvgIpc) is 4.33. The highest BCUT2D eigenvalue weighted by Crippen LogP contribution is 2.39. The number of carbonyl (C=O) groups excluding carboxylic acids is 2. The fourth-order valence-electron chi connectivity index (χ4n) is 13.1. The number of benzene rings is 2. The summed E-state index contributed by atoms with van der Waals surface area (Å²) >= 11 is 0. The van der Waals surface area contributed by atoms with Gasteiger partial charge in [0.05, 0.1) is 59.1 Å². The number of carbonyl (C=O) groups is 2. The molecule has 0 bridgehead atoms. The molecule has 0 radical (unpaired) electrons. The van der Waals surface area contributed by atoms with Crippen molar-refractivity contribution in [1.29, 1.82) is 0 Å². The Balaban J connectivity index is 0.580. The normalized spacial score (nSPS) is 22.8. The van der Waals surface area contributed by atoms with Crippen LogP contribution in [0, 0.1) is 29.6 Å². The smallest absolute Gasteiger partial charge is 0.243 e. The van der Waals surface area contributed by atoms with E-state index in [0.717, 1.165) is 106 Å². The lowest BCUT2D eigenvalue weighted by Gasteiger charge is -2.48. The Morgan fingerprint density at radius 1 is 0.864 bits per heavy atom. The van der Waals surface area contributed by atoms with Gasteiger partial charge in [0.2, 0.25) is 11.8 Å². The Kier molecular flexibility index (Phi) is 16.9. The molecule has 4 aliphatic heterocycles. The summed E-state index contributed by atoms with van der Waals surface area (Å²) in [6.45, 7) is 15.4. The maximum atomic E-state index is 14.4. The van der Waals surface area contributed by atoms with Crippen molar-refractivity contribution in [3.05, 3.63) is 108 Å². The van der Waals surface area contributed by atoms with E-state index < -0.39 is 18.1 Å². The minimum absolute atomic E-state index is 0.0804. The number of aromatic hydroxyl groups is 1. The number of likely N-dealkylation sites (tertiary alicyclic amines) is 3. The van der Waals surface area contributed by atoms with Gasteiger partial charge in [-0.25, -0.2) is 0 Å². The molecule has 5 atom stereocenters. The molecule has 1 aliphatic carbocycles. The van der Waals surface area contributed by atoms with Gasteiger partial charge in [-0.3, -0.25) is 19.0 Å². The van der Waals surface area contributed by atoms with Crippen molar-refractivity contribution in [2.75, 3.05) is 63.0 Å². The number of para-hydroxylation sites is 1. The van der Waals surface area contributed by atoms with E-state index in [1.54, 1.807) is 30.5 Å². The van der Waals surface area contributed by atoms with E-state index in [1.807, 2.05) is 87.4 Å². The maximum Gasteiger partial charge on any atom is 0.243 e. The van der Waals surface area contributed by atoms with Crippen molar-refractivity contribution in [3.63, 3.8) is 0 Å². The molecule has 0 spiro atoms. The summed E-state index contributed by atoms with van der Waals surface area (Å²) in [5, 5.41) is 45.9. The SMILES string of the molecule is CC(C)[C@H](C(=O)N1C[C@H](O)C[C@H]1C(=O)N[C@@H](C)c1ccc(-c2ccnn2C)cc1)c1cc(N2CCC(OC3CCN(CC4CC(N5CCC([C@@H](C)n6cc(C#Cc7cc(-c8ccccc8O)nnc7N)cn6)CC5)C4)CC3)CC2)no1. The summed E-state index contributed by atoms with van der Waals surface area (Å²) in [4.78, 5) is 37.4. The minimum Gasteiger partial charge on any atom is -0.507 e. The van der Waals surface area contributed by atoms with Gasteiger partial charge < -0.3 is 50.1 Å². The maximum absolute atomic E-state index is 14.4. The standard InChI is InChI=1S/C62H79N13O6/c1-39(2)59(62(79)74-38-49(76)33-55(74)61(78)66-40(3)44-12-14-46(15-13-44)54-16-23-64-70(54)5)57-34-58(69-81-57)73-28-21-51(22-29-73)80-50-19-24-71(25-20-50)36-43-30-48(31-43)72-26-17-45(18-27-72)41(4)75-37-42(35-65-75)10-11-47-32-53(67-68-60(47)63)52-8-6-7-9-56(52)77/h6-9,12-16,23,32,34-35,37,39-41,43,45,48-51,55,59,76-77H,17-22,24-31,33,36,38H2,1-5H3,(H2,63,68)(H,66,78)/t40-,41+,43?,48?,49+,55-,59-/m0/s1. The number of phenolic OH excluding ortho intramolecular Hbond substituents is 1. The Morgan fingerprint density at radius 2 is 1.59 bits per heavy atom. The number of β-amino-alcohol motifs (C(OH)–C–C–N with tert-alkyl or cyclic N) is 1. The molecule has 1 saturated carbocycles. The summed E-state index contributed by atoms with van der Waals surface area (Å²) in [6, 6.07) is 20.5. The number of nitrogens with one attached hydrogen (secondary N) is 1. The minimum atomic E-state index is -0.806. The van der Waals surface area contributed by atoms with Crippen LogP contribution in [0.25, 0.3) is 22.5 Å². The molecule has 2 aromatic carbocycles. The number of hydrogen-bond donors (Lipinski definition) is 4. The predicted molar refractivity (Wildman–Crippen MR) is 308 cm³/mol. The van der Waals surface area contributed by atoms with E-state index >= 15 is 0 Å². The molecular formula is C62H79N13O6. The van der Waals surface area contributed by atoms with Crippen molar-refractivity contribution in [3.8, 4) is 40.1 Å². The summed E-state index contributed by atoms with van der Waals surface area (Å²) < 4.78 is 16.6. The highest BCUT2D eigenvalue weighted by Gasteiger charge is 2.44. The second kappa shape index (κ2) is 24.5. The molecule has 0 unspecified atom stereocenters. The van der Waals surface area contributed by atoms with Crippen LogP contribution in [0.15, 0.2) is 89.8 Å². The number of aliphatic hydroxyl groups excluding tert-OH is 1. The van der Waals surface area contributed by atoms with Crippen LogP contribution in [0.5, 0.6) is 5.75 Å². The Hall–Kier alpha value is -7.11. The molecule has 19 heteroatoms. The molecule has 428 valence electrons. The van der Waals surface area contributed by atoms with Gasteiger partial charge in [-0.1, -0.05) is 67.2 Å². The number of hydrogen-bond acceptors (Lipinski definition) is 15. The van der Waals surface area contributed by atoms with E-state index in [4.69, 9.17) is 20.1 Å². The highest BCUT2D eigenvalue weighted by atomic mass is 16.5. The first-order valence-corrected chi connectivity index (χ1v) is 29.4. The quantitative estimate of drug-likeness (QED) is 0.0704. The lowest BCUT2D eigenvalue weighted by Crippen LogP contribution is -2.51. The molecule has 4 saturated heterocycles. The molecule has 8 heterocycles. The van der Waals surface area contributed by atoms with Crippen molar-refractivity contribution in [2.45, 2.75) is 134 Å². The van der Waals surface area contributed by atoms with Gasteiger partial charge in [0, 0.05) is 82.8 Å². The lowest BCUT2D eigenvalue weighted by molar-refractivity contribution is -0.141. The van der Waals surface area contributed by atoms with Gasteiger partial charge >= 0.3 is 0 Å². The number of anilines is 2. The van der Waals surface area contributed by atoms with Gasteiger partial charge in [-0.05, 0) is 131 Å². The number of piperidine rings is 3. The highest BCUT2D eigenvalue weighted by molar-refractivity contribution is 5.91. The van der Waals surface area contributed by atoms with Crippen LogP contribution >= 0.6 is 0 Å². The summed E-state index contributed by atoms with van der Waals surface area (Å²) in [5.41, 5.74) is 11.5. The van der Waals surface area contributed by atoms with E-state index in [2.05, 4.69) is 63.9 Å². The van der Waals surface area contributed by atoms with Gasteiger partial charge in [-0.15, -0.1) is 10.2 Å². The topological polar surface area (TPSA) is 222 Å². The summed E-state index contributed by atoms with van der Waals surface area (Å²) in [5.74, 6) is 7.89. The van der Waals surface area contributed by atoms with Crippen LogP contribution in [0.1, 0.15) is 126 Å². The zero-order chi connectivity index (χ0) is 56.3. The molecule has 2 amide bonds. The third-order valence-electron chi connectivity index (χ3n) is 18.1. The molecule has 5 fully saturated rings. The second-order valence-corrected chi connectivity index (χ2v) is 23.8. The Bertz CT molecular complexity index is 3170. The first-order chi connectivity index (χ1) is 39.2. The number of nitrogen functional groups attached to an aromatic ring is 1. The van der Waals surface area contributed by atoms with Crippen LogP contribution < -0.4 is 16.0 Å². The number of aromatic nitrogens is 7. The van der Waals surface area contributed by atoms with Gasteiger partial charge in [-0.2, -0.15) is 10.2 Å². The molecular weight excluding hydrogens is 1020 g/mol. The van der Waals surface area contributed by atoms with Crippen LogP contribution in [0.3, 0.4) is 0 Å². The Morgan fingerprint density at radius 3 is 2.30 bits per heavy atom. The number of ether oxygens (including phenoxy) is 1. The number of aryl methyl sites for hydroxylation is 1. The van der Waals surface area contributed by atoms with Crippen molar-refractivity contribution in [2.24, 2.45) is 24.8 Å². The zero-order valence-electron chi connectivity index (χ0n) is 47.5. The second-order valence-electron chi connectivity index (χ2n) is 23.8. The third-order valence-corrected chi connectivity index (χ3v) is 18.1. The molecule has 5 aliphatic rings. The number of aliphatic hydroxyl groups is 1. The molecule has 11 rings (SSSR count). The zero-order valence-corrected chi connectivity index (χ0v) is 47.5. The predicted octanol–water partition coefficient (Wildman–Crippen LogP) is 7.20. The van der Waals surface area contributed by atoms with Crippen molar-refractivity contribution in [1.82, 2.24) is 54.9 Å². The van der Waals surface area contributed by atoms with Crippen molar-refractivity contribution >= 4 is 23.5 Å². The summed E-state index contributed by atoms with van der Waals surface area (Å²) in [7, 11) is 1.90. The van der Waals surface area contributed by atoms with E-state index in [-0.39, 0.29) is 66.6 Å². The van der Waals surface area contributed by atoms with Gasteiger partial charge in [0.25, 0.3) is 0 Å². The molecule has 4 aromatic heterocycles. The summed E-state index contributed by atoms with van der Waals surface area (Å²) in [6.07, 6.45) is 14.3. The van der Waals surface area contributed by atoms with E-state index in [1.165, 1.54) is 24.3 Å². The lowest BCUT2D eigenvalue weighted by atomic mass is 9.77. The van der Waals surface area contributed by atoms with Crippen LogP contribution in [-0.4, -0.2) is 154 Å². The largest absolute Gasteiger partial charge is 0.507 e. The first-order valence-electron chi connectivity index (χ1n) is 29.4. The number of nitrogens with zero attached hydrogens (tertiary/aromatic N) is 11. The molecule has 19 nitrogen and oxygen atoms in total. The average molecular weight is 1100 g/mol. The molecule has 81 heavy (non-hydrogen) atoms. The monoisotopic (exact) mass is 1100 g/mol. The van der Waals surface area contributed by atoms with Gasteiger partial charge in [0.1, 0.15) is 17.7 Å². The number of nitrogens with two attached hydrogens (primary N) is 1. The number of amides is 2. The molecule has 6 aromatic rings. The van der Waals surface area contributed by atoms with Crippen LogP contribution in [-0.2, 0) is 21.4 Å². The number of phenols is 1. The van der Waals surface area contributed by atoms with E-state index in [9.17, 15) is 19.8 Å².